The molecule has 4 nitrogen and oxygen atoms in total. The minimum atomic E-state index is -0.240. The molecule has 0 saturated carbocycles. The molecule has 1 unspecified atom stereocenters. The van der Waals surface area contributed by atoms with Crippen molar-refractivity contribution >= 4 is 5.91 Å². The van der Waals surface area contributed by atoms with Crippen molar-refractivity contribution in [3.63, 3.8) is 0 Å². The summed E-state index contributed by atoms with van der Waals surface area (Å²) in [5.74, 6) is 0.0749. The molecule has 2 N–H and O–H groups in total. The molecule has 0 aliphatic carbocycles. The zero-order valence-corrected chi connectivity index (χ0v) is 11.1. The fourth-order valence-corrected chi connectivity index (χ4v) is 1.80. The first-order valence-electron chi connectivity index (χ1n) is 6.26. The highest BCUT2D eigenvalue weighted by atomic mass is 16.5. The zero-order chi connectivity index (χ0) is 13.4. The first-order chi connectivity index (χ1) is 8.69. The molecule has 0 bridgehead atoms. The van der Waals surface area contributed by atoms with Gasteiger partial charge in [-0.25, -0.2) is 0 Å². The summed E-state index contributed by atoms with van der Waals surface area (Å²) in [7, 11) is 1.63. The molecule has 1 amide bonds. The standard InChI is InChI=1S/C14H22N2O2/c1-3-16(9-10-18-2)14(17)11-13(15)12-7-5-4-6-8-12/h4-8,13H,3,9-11,15H2,1-2H3. The summed E-state index contributed by atoms with van der Waals surface area (Å²) in [6.45, 7) is 3.82. The number of methoxy groups -OCH3 is 1. The summed E-state index contributed by atoms with van der Waals surface area (Å²) in [6, 6.07) is 9.46. The van der Waals surface area contributed by atoms with Crippen LogP contribution in [0.4, 0.5) is 0 Å². The Labute approximate surface area is 109 Å². The van der Waals surface area contributed by atoms with Gasteiger partial charge in [0.25, 0.3) is 0 Å². The van der Waals surface area contributed by atoms with Gasteiger partial charge in [-0.15, -0.1) is 0 Å². The molecular weight excluding hydrogens is 228 g/mol. The smallest absolute Gasteiger partial charge is 0.224 e. The first kappa shape index (κ1) is 14.7. The van der Waals surface area contributed by atoms with E-state index in [4.69, 9.17) is 10.5 Å². The average molecular weight is 250 g/mol. The highest BCUT2D eigenvalue weighted by Gasteiger charge is 2.16. The summed E-state index contributed by atoms with van der Waals surface area (Å²) in [4.78, 5) is 13.8. The lowest BCUT2D eigenvalue weighted by Crippen LogP contribution is -2.35. The van der Waals surface area contributed by atoms with Crippen LogP contribution in [0.1, 0.15) is 24.9 Å². The van der Waals surface area contributed by atoms with E-state index in [1.54, 1.807) is 12.0 Å². The van der Waals surface area contributed by atoms with Gasteiger partial charge < -0.3 is 15.4 Å². The van der Waals surface area contributed by atoms with Crippen LogP contribution in [-0.4, -0.2) is 37.6 Å². The third kappa shape index (κ3) is 4.47. The number of hydrogen-bond acceptors (Lipinski definition) is 3. The van der Waals surface area contributed by atoms with Gasteiger partial charge in [-0.3, -0.25) is 4.79 Å². The molecule has 0 heterocycles. The lowest BCUT2D eigenvalue weighted by Gasteiger charge is -2.22. The zero-order valence-electron chi connectivity index (χ0n) is 11.1. The van der Waals surface area contributed by atoms with Crippen molar-refractivity contribution in [3.05, 3.63) is 35.9 Å². The van der Waals surface area contributed by atoms with E-state index in [-0.39, 0.29) is 11.9 Å². The molecule has 1 atom stereocenters. The maximum absolute atomic E-state index is 12.1. The van der Waals surface area contributed by atoms with Crippen molar-refractivity contribution in [2.24, 2.45) is 5.73 Å². The Morgan fingerprint density at radius 3 is 2.61 bits per heavy atom. The van der Waals surface area contributed by atoms with Gasteiger partial charge in [0.2, 0.25) is 5.91 Å². The van der Waals surface area contributed by atoms with E-state index < -0.39 is 0 Å². The van der Waals surface area contributed by atoms with Gasteiger partial charge >= 0.3 is 0 Å². The predicted octanol–water partition coefficient (Wildman–Crippen LogP) is 1.57. The molecule has 0 aromatic heterocycles. The maximum atomic E-state index is 12.1. The quantitative estimate of drug-likeness (QED) is 0.799. The number of ether oxygens (including phenoxy) is 1. The second-order valence-corrected chi connectivity index (χ2v) is 4.19. The number of benzene rings is 1. The number of rotatable bonds is 7. The maximum Gasteiger partial charge on any atom is 0.224 e. The van der Waals surface area contributed by atoms with E-state index in [0.717, 1.165) is 5.56 Å². The van der Waals surface area contributed by atoms with Crippen molar-refractivity contribution in [2.75, 3.05) is 26.8 Å². The van der Waals surface area contributed by atoms with Crippen LogP contribution < -0.4 is 5.73 Å². The Bertz CT molecular complexity index is 354. The topological polar surface area (TPSA) is 55.6 Å². The summed E-state index contributed by atoms with van der Waals surface area (Å²) >= 11 is 0. The molecule has 100 valence electrons. The van der Waals surface area contributed by atoms with Gasteiger partial charge in [-0.05, 0) is 12.5 Å². The molecule has 1 aromatic rings. The van der Waals surface area contributed by atoms with Crippen LogP contribution >= 0.6 is 0 Å². The highest BCUT2D eigenvalue weighted by molar-refractivity contribution is 5.77. The van der Waals surface area contributed by atoms with Crippen LogP contribution in [0.5, 0.6) is 0 Å². The van der Waals surface area contributed by atoms with E-state index >= 15 is 0 Å². The minimum Gasteiger partial charge on any atom is -0.383 e. The second kappa shape index (κ2) is 7.84. The molecule has 1 aromatic carbocycles. The van der Waals surface area contributed by atoms with E-state index in [1.165, 1.54) is 0 Å². The summed E-state index contributed by atoms with van der Waals surface area (Å²) in [5, 5.41) is 0. The third-order valence-electron chi connectivity index (χ3n) is 2.92. The van der Waals surface area contributed by atoms with Crippen LogP contribution in [0.3, 0.4) is 0 Å². The molecule has 1 rings (SSSR count). The van der Waals surface area contributed by atoms with E-state index in [1.807, 2.05) is 37.3 Å². The molecule has 4 heteroatoms. The Morgan fingerprint density at radius 2 is 2.06 bits per heavy atom. The normalized spacial score (nSPS) is 12.2. The van der Waals surface area contributed by atoms with E-state index in [9.17, 15) is 4.79 Å². The Hall–Kier alpha value is -1.39. The molecule has 18 heavy (non-hydrogen) atoms. The van der Waals surface area contributed by atoms with Crippen molar-refractivity contribution < 1.29 is 9.53 Å². The van der Waals surface area contributed by atoms with Crippen molar-refractivity contribution in [1.29, 1.82) is 0 Å². The lowest BCUT2D eigenvalue weighted by molar-refractivity contribution is -0.132. The highest BCUT2D eigenvalue weighted by Crippen LogP contribution is 2.14. The Kier molecular flexibility index (Phi) is 6.39. The molecule has 0 fully saturated rings. The van der Waals surface area contributed by atoms with Crippen molar-refractivity contribution in [1.82, 2.24) is 4.90 Å². The number of carbonyl (C=O) groups excluding carboxylic acids is 1. The third-order valence-corrected chi connectivity index (χ3v) is 2.92. The molecule has 0 saturated heterocycles. The average Bonchev–Trinajstić information content (AvgIpc) is 2.40. The second-order valence-electron chi connectivity index (χ2n) is 4.19. The minimum absolute atomic E-state index is 0.0749. The number of nitrogens with zero attached hydrogens (tertiary/aromatic N) is 1. The predicted molar refractivity (Wildman–Crippen MR) is 72.1 cm³/mol. The molecule has 0 spiro atoms. The number of carbonyl (C=O) groups is 1. The summed E-state index contributed by atoms with van der Waals surface area (Å²) < 4.78 is 4.99. The van der Waals surface area contributed by atoms with Crippen molar-refractivity contribution in [3.8, 4) is 0 Å². The molecule has 0 aliphatic heterocycles. The SMILES string of the molecule is CCN(CCOC)C(=O)CC(N)c1ccccc1. The van der Waals surface area contributed by atoms with Crippen LogP contribution in [0.2, 0.25) is 0 Å². The van der Waals surface area contributed by atoms with Crippen LogP contribution in [0.25, 0.3) is 0 Å². The Balaban J connectivity index is 2.52. The number of amides is 1. The first-order valence-corrected chi connectivity index (χ1v) is 6.26. The van der Waals surface area contributed by atoms with Crippen LogP contribution in [0, 0.1) is 0 Å². The molecule has 0 aliphatic rings. The monoisotopic (exact) mass is 250 g/mol. The van der Waals surface area contributed by atoms with E-state index in [2.05, 4.69) is 0 Å². The number of likely N-dealkylation sites (N-methyl/N-ethyl adjacent to an activating group) is 1. The van der Waals surface area contributed by atoms with Gasteiger partial charge in [0.1, 0.15) is 0 Å². The van der Waals surface area contributed by atoms with Crippen LogP contribution in [0.15, 0.2) is 30.3 Å². The van der Waals surface area contributed by atoms with Crippen molar-refractivity contribution in [2.45, 2.75) is 19.4 Å². The van der Waals surface area contributed by atoms with Gasteiger partial charge in [0.05, 0.1) is 6.61 Å². The van der Waals surface area contributed by atoms with Gasteiger partial charge in [-0.2, -0.15) is 0 Å². The van der Waals surface area contributed by atoms with E-state index in [0.29, 0.717) is 26.1 Å². The number of nitrogens with two attached hydrogens (primary N) is 1. The summed E-state index contributed by atoms with van der Waals surface area (Å²) in [5.41, 5.74) is 7.03. The fraction of sp³-hybridized carbons (Fsp3) is 0.500. The molecular formula is C14H22N2O2. The fourth-order valence-electron chi connectivity index (χ4n) is 1.80. The summed E-state index contributed by atoms with van der Waals surface area (Å²) in [6.07, 6.45) is 0.335. The van der Waals surface area contributed by atoms with Crippen LogP contribution in [-0.2, 0) is 9.53 Å². The van der Waals surface area contributed by atoms with Gasteiger partial charge in [0.15, 0.2) is 0 Å². The van der Waals surface area contributed by atoms with Gasteiger partial charge in [-0.1, -0.05) is 30.3 Å². The largest absolute Gasteiger partial charge is 0.383 e. The molecule has 0 radical (unpaired) electrons. The number of hydrogen-bond donors (Lipinski definition) is 1. The van der Waals surface area contributed by atoms with Gasteiger partial charge in [0, 0.05) is 32.7 Å². The Morgan fingerprint density at radius 1 is 1.39 bits per heavy atom. The lowest BCUT2D eigenvalue weighted by atomic mass is 10.0.